The minimum Gasteiger partial charge on any atom is -0.395 e. The van der Waals surface area contributed by atoms with Crippen LogP contribution in [0.2, 0.25) is 0 Å². The van der Waals surface area contributed by atoms with Gasteiger partial charge in [0.2, 0.25) is 5.91 Å². The molecule has 1 spiro atoms. The molecule has 1 aromatic rings. The van der Waals surface area contributed by atoms with Crippen LogP contribution in [-0.2, 0) is 9.53 Å². The molecule has 0 aliphatic carbocycles. The summed E-state index contributed by atoms with van der Waals surface area (Å²) in [5.74, 6) is -0.0664. The van der Waals surface area contributed by atoms with Crippen LogP contribution in [0, 0.1) is 5.92 Å². The molecule has 3 aliphatic rings. The van der Waals surface area contributed by atoms with Crippen molar-refractivity contribution in [3.63, 3.8) is 0 Å². The average Bonchev–Trinajstić information content (AvgIpc) is 2.66. The maximum atomic E-state index is 12.9. The molecule has 160 valence electrons. The van der Waals surface area contributed by atoms with Crippen LogP contribution in [0.25, 0.3) is 0 Å². The van der Waals surface area contributed by atoms with E-state index in [0.29, 0.717) is 39.1 Å². The molecule has 5 nitrogen and oxygen atoms in total. The van der Waals surface area contributed by atoms with Gasteiger partial charge in [-0.05, 0) is 18.4 Å². The molecule has 8 heteroatoms. The third kappa shape index (κ3) is 3.78. The van der Waals surface area contributed by atoms with E-state index in [1.165, 1.54) is 0 Å². The summed E-state index contributed by atoms with van der Waals surface area (Å²) in [7, 11) is 0. The Labute approximate surface area is 168 Å². The molecule has 0 bridgehead atoms. The Kier molecular flexibility index (Phi) is 5.61. The quantitative estimate of drug-likeness (QED) is 0.807. The van der Waals surface area contributed by atoms with Gasteiger partial charge < -0.3 is 14.7 Å². The molecule has 3 aliphatic heterocycles. The first-order valence-corrected chi connectivity index (χ1v) is 10.2. The smallest absolute Gasteiger partial charge is 0.390 e. The van der Waals surface area contributed by atoms with Gasteiger partial charge in [0.1, 0.15) is 0 Å². The maximum Gasteiger partial charge on any atom is 0.390 e. The Balaban J connectivity index is 1.52. The summed E-state index contributed by atoms with van der Waals surface area (Å²) >= 11 is 0. The van der Waals surface area contributed by atoms with E-state index in [0.717, 1.165) is 5.56 Å². The van der Waals surface area contributed by atoms with E-state index in [9.17, 15) is 23.1 Å². The maximum absolute atomic E-state index is 12.9. The lowest BCUT2D eigenvalue weighted by Gasteiger charge is -2.71. The number of carbonyl (C=O) groups is 1. The summed E-state index contributed by atoms with van der Waals surface area (Å²) in [4.78, 5) is 16.4. The van der Waals surface area contributed by atoms with Crippen molar-refractivity contribution in [2.45, 2.75) is 42.9 Å². The topological polar surface area (TPSA) is 53.0 Å². The third-order valence-electron chi connectivity index (χ3n) is 6.73. The van der Waals surface area contributed by atoms with E-state index in [2.05, 4.69) is 0 Å². The minimum atomic E-state index is -4.25. The summed E-state index contributed by atoms with van der Waals surface area (Å²) in [6.07, 6.45) is -3.77. The highest BCUT2D eigenvalue weighted by molar-refractivity contribution is 5.80. The first-order valence-electron chi connectivity index (χ1n) is 10.2. The molecular formula is C21H27F3N2O3. The highest BCUT2D eigenvalue weighted by atomic mass is 19.4. The van der Waals surface area contributed by atoms with Crippen LogP contribution in [0.1, 0.15) is 30.7 Å². The van der Waals surface area contributed by atoms with E-state index in [1.54, 1.807) is 9.80 Å². The van der Waals surface area contributed by atoms with Crippen LogP contribution in [0.4, 0.5) is 13.2 Å². The van der Waals surface area contributed by atoms with Gasteiger partial charge in [-0.1, -0.05) is 30.3 Å². The number of aliphatic hydroxyl groups is 1. The average molecular weight is 412 g/mol. The fraction of sp³-hybridized carbons (Fsp3) is 0.667. The predicted molar refractivity (Wildman–Crippen MR) is 100 cm³/mol. The second-order valence-corrected chi connectivity index (χ2v) is 8.38. The summed E-state index contributed by atoms with van der Waals surface area (Å²) in [6.45, 7) is 1.62. The molecule has 2 atom stereocenters. The number of amides is 1. The minimum absolute atomic E-state index is 0.0615. The second-order valence-electron chi connectivity index (χ2n) is 8.38. The zero-order valence-electron chi connectivity index (χ0n) is 16.3. The molecule has 29 heavy (non-hydrogen) atoms. The molecule has 0 radical (unpaired) electrons. The van der Waals surface area contributed by atoms with Crippen LogP contribution in [0.5, 0.6) is 0 Å². The van der Waals surface area contributed by atoms with E-state index < -0.39 is 18.1 Å². The van der Waals surface area contributed by atoms with Gasteiger partial charge in [0.15, 0.2) is 0 Å². The number of alkyl halides is 3. The second kappa shape index (κ2) is 7.89. The van der Waals surface area contributed by atoms with Gasteiger partial charge in [-0.2, -0.15) is 13.2 Å². The van der Waals surface area contributed by atoms with Crippen LogP contribution in [0.15, 0.2) is 30.3 Å². The van der Waals surface area contributed by atoms with Crippen LogP contribution < -0.4 is 0 Å². The van der Waals surface area contributed by atoms with E-state index in [4.69, 9.17) is 4.74 Å². The number of carbonyl (C=O) groups excluding carboxylic acids is 1. The van der Waals surface area contributed by atoms with Crippen LogP contribution >= 0.6 is 0 Å². The zero-order valence-corrected chi connectivity index (χ0v) is 16.3. The SMILES string of the molecule is O=C(C1CCOCC1)N1CC2(C1)[C@@H](c1ccccc1)[C@@H](CO)N2CCC(F)(F)F. The lowest BCUT2D eigenvalue weighted by atomic mass is 9.60. The molecule has 0 saturated carbocycles. The number of halogens is 3. The summed E-state index contributed by atoms with van der Waals surface area (Å²) < 4.78 is 44.0. The summed E-state index contributed by atoms with van der Waals surface area (Å²) in [6, 6.07) is 9.25. The fourth-order valence-electron chi connectivity index (χ4n) is 5.35. The number of aliphatic hydroxyl groups excluding tert-OH is 1. The summed E-state index contributed by atoms with van der Waals surface area (Å²) in [5.41, 5.74) is 0.480. The number of benzene rings is 1. The molecule has 0 aromatic heterocycles. The largest absolute Gasteiger partial charge is 0.395 e. The predicted octanol–water partition coefficient (Wildman–Crippen LogP) is 2.41. The standard InChI is InChI=1S/C21H27F3N2O3/c22-21(23,24)8-9-26-17(12-27)18(15-4-2-1-3-5-15)20(26)13-25(14-20)19(28)16-6-10-29-11-7-16/h1-5,16-18,27H,6-14H2/t17-,18+/m1/s1. The van der Waals surface area contributed by atoms with Crippen molar-refractivity contribution < 1.29 is 27.8 Å². The van der Waals surface area contributed by atoms with Gasteiger partial charge in [-0.15, -0.1) is 0 Å². The van der Waals surface area contributed by atoms with Crippen molar-refractivity contribution >= 4 is 5.91 Å². The molecular weight excluding hydrogens is 385 g/mol. The number of nitrogens with zero attached hydrogens (tertiary/aromatic N) is 2. The van der Waals surface area contributed by atoms with Gasteiger partial charge in [0, 0.05) is 50.7 Å². The fourth-order valence-corrected chi connectivity index (χ4v) is 5.35. The molecule has 0 unspecified atom stereocenters. The third-order valence-corrected chi connectivity index (χ3v) is 6.73. The highest BCUT2D eigenvalue weighted by Gasteiger charge is 2.66. The monoisotopic (exact) mass is 412 g/mol. The Morgan fingerprint density at radius 3 is 2.41 bits per heavy atom. The lowest BCUT2D eigenvalue weighted by molar-refractivity contribution is -0.212. The van der Waals surface area contributed by atoms with Crippen molar-refractivity contribution in [2.24, 2.45) is 5.92 Å². The number of ether oxygens (including phenoxy) is 1. The highest BCUT2D eigenvalue weighted by Crippen LogP contribution is 2.54. The van der Waals surface area contributed by atoms with Gasteiger partial charge >= 0.3 is 6.18 Å². The van der Waals surface area contributed by atoms with Gasteiger partial charge in [-0.25, -0.2) is 0 Å². The molecule has 3 heterocycles. The number of hydrogen-bond donors (Lipinski definition) is 1. The van der Waals surface area contributed by atoms with Crippen molar-refractivity contribution in [1.82, 2.24) is 9.80 Å². The van der Waals surface area contributed by atoms with Crippen molar-refractivity contribution in [1.29, 1.82) is 0 Å². The summed E-state index contributed by atoms with van der Waals surface area (Å²) in [5, 5.41) is 9.93. The number of rotatable bonds is 5. The molecule has 1 N–H and O–H groups in total. The Morgan fingerprint density at radius 1 is 1.17 bits per heavy atom. The van der Waals surface area contributed by atoms with Crippen molar-refractivity contribution in [3.8, 4) is 0 Å². The van der Waals surface area contributed by atoms with Crippen LogP contribution in [0.3, 0.4) is 0 Å². The lowest BCUT2D eigenvalue weighted by Crippen LogP contribution is -2.85. The van der Waals surface area contributed by atoms with Gasteiger partial charge in [0.05, 0.1) is 18.6 Å². The van der Waals surface area contributed by atoms with Crippen LogP contribution in [-0.4, -0.2) is 78.0 Å². The van der Waals surface area contributed by atoms with E-state index >= 15 is 0 Å². The Hall–Kier alpha value is -1.64. The van der Waals surface area contributed by atoms with Crippen molar-refractivity contribution in [3.05, 3.63) is 35.9 Å². The molecule has 4 rings (SSSR count). The van der Waals surface area contributed by atoms with E-state index in [1.807, 2.05) is 30.3 Å². The molecule has 3 fully saturated rings. The van der Waals surface area contributed by atoms with Gasteiger partial charge in [-0.3, -0.25) is 9.69 Å². The molecule has 1 aromatic carbocycles. The first kappa shape index (κ1) is 20.6. The molecule has 1 amide bonds. The van der Waals surface area contributed by atoms with E-state index in [-0.39, 0.29) is 36.9 Å². The first-order chi connectivity index (χ1) is 13.9. The number of likely N-dealkylation sites (tertiary alicyclic amines) is 2. The molecule has 3 saturated heterocycles. The van der Waals surface area contributed by atoms with Crippen molar-refractivity contribution in [2.75, 3.05) is 39.5 Å². The zero-order chi connectivity index (χ0) is 20.6. The number of hydrogen-bond acceptors (Lipinski definition) is 4. The Morgan fingerprint density at radius 2 is 1.83 bits per heavy atom. The normalized spacial score (nSPS) is 27.5. The van der Waals surface area contributed by atoms with Gasteiger partial charge in [0.25, 0.3) is 0 Å². The Bertz CT molecular complexity index is 716.